The third-order valence-electron chi connectivity index (χ3n) is 4.84. The van der Waals surface area contributed by atoms with E-state index in [4.69, 9.17) is 5.11 Å². The van der Waals surface area contributed by atoms with Crippen LogP contribution in [0.2, 0.25) is 0 Å². The van der Waals surface area contributed by atoms with Gasteiger partial charge in [0.2, 0.25) is 11.6 Å². The summed E-state index contributed by atoms with van der Waals surface area (Å²) in [5.41, 5.74) is 2.88. The van der Waals surface area contributed by atoms with E-state index < -0.39 is 4.92 Å². The number of nitro groups is 1. The van der Waals surface area contributed by atoms with Crippen LogP contribution in [0.1, 0.15) is 11.1 Å². The average Bonchev–Trinajstić information content (AvgIpc) is 2.65. The second-order valence-corrected chi connectivity index (χ2v) is 6.63. The van der Waals surface area contributed by atoms with Crippen molar-refractivity contribution in [3.05, 3.63) is 45.8 Å². The quantitative estimate of drug-likeness (QED) is 0.584. The molecule has 27 heavy (non-hydrogen) atoms. The molecule has 2 N–H and O–H groups in total. The van der Waals surface area contributed by atoms with E-state index in [1.54, 1.807) is 0 Å². The van der Waals surface area contributed by atoms with Crippen LogP contribution >= 0.6 is 0 Å². The Kier molecular flexibility index (Phi) is 5.82. The molecule has 1 aromatic carbocycles. The van der Waals surface area contributed by atoms with Crippen molar-refractivity contribution in [3.63, 3.8) is 0 Å². The average molecular weight is 372 g/mol. The summed E-state index contributed by atoms with van der Waals surface area (Å²) in [5, 5.41) is 23.9. The summed E-state index contributed by atoms with van der Waals surface area (Å²) in [6, 6.07) is 5.78. The Morgan fingerprint density at radius 1 is 1.19 bits per heavy atom. The van der Waals surface area contributed by atoms with Gasteiger partial charge in [0.05, 0.1) is 11.5 Å². The first-order chi connectivity index (χ1) is 13.0. The maximum absolute atomic E-state index is 11.8. The first-order valence-electron chi connectivity index (χ1n) is 8.91. The van der Waals surface area contributed by atoms with E-state index in [9.17, 15) is 10.1 Å². The summed E-state index contributed by atoms with van der Waals surface area (Å²) in [6.45, 7) is 7.40. The molecule has 1 saturated heterocycles. The molecule has 0 bridgehead atoms. The molecular formula is C18H24N6O3. The standard InChI is InChI=1S/C18H24N6O3/c1-13-3-4-15(11-14(13)2)21-17-16(24(26)27)18(20-12-19-17)23-7-5-22(6-8-23)9-10-25/h3-4,11-12,25H,5-10H2,1-2H3,(H,19,20,21). The molecule has 0 atom stereocenters. The van der Waals surface area contributed by atoms with Crippen molar-refractivity contribution in [1.82, 2.24) is 14.9 Å². The van der Waals surface area contributed by atoms with Crippen LogP contribution in [0.15, 0.2) is 24.5 Å². The fourth-order valence-corrected chi connectivity index (χ4v) is 3.14. The van der Waals surface area contributed by atoms with Crippen molar-refractivity contribution < 1.29 is 10.0 Å². The van der Waals surface area contributed by atoms with Crippen LogP contribution in [0, 0.1) is 24.0 Å². The normalized spacial score (nSPS) is 15.0. The number of aryl methyl sites for hydroxylation is 2. The van der Waals surface area contributed by atoms with Crippen LogP contribution in [0.4, 0.5) is 23.0 Å². The fourth-order valence-electron chi connectivity index (χ4n) is 3.14. The number of hydrogen-bond donors (Lipinski definition) is 2. The van der Waals surface area contributed by atoms with Crippen molar-refractivity contribution in [2.45, 2.75) is 13.8 Å². The minimum absolute atomic E-state index is 0.109. The van der Waals surface area contributed by atoms with Crippen LogP contribution in [-0.4, -0.2) is 64.2 Å². The van der Waals surface area contributed by atoms with Crippen LogP contribution < -0.4 is 10.2 Å². The molecule has 2 aromatic rings. The van der Waals surface area contributed by atoms with Gasteiger partial charge in [-0.25, -0.2) is 9.97 Å². The highest BCUT2D eigenvalue weighted by atomic mass is 16.6. The zero-order chi connectivity index (χ0) is 19.4. The molecule has 0 unspecified atom stereocenters. The molecule has 1 aromatic heterocycles. The van der Waals surface area contributed by atoms with Gasteiger partial charge < -0.3 is 15.3 Å². The number of nitrogens with zero attached hydrogens (tertiary/aromatic N) is 5. The van der Waals surface area contributed by atoms with Crippen LogP contribution in [0.5, 0.6) is 0 Å². The van der Waals surface area contributed by atoms with Crippen molar-refractivity contribution in [2.75, 3.05) is 49.5 Å². The van der Waals surface area contributed by atoms with E-state index in [1.807, 2.05) is 36.9 Å². The monoisotopic (exact) mass is 372 g/mol. The number of aliphatic hydroxyl groups is 1. The molecule has 1 fully saturated rings. The number of hydrogen-bond acceptors (Lipinski definition) is 8. The minimum Gasteiger partial charge on any atom is -0.395 e. The number of piperazine rings is 1. The Labute approximate surface area is 157 Å². The second-order valence-electron chi connectivity index (χ2n) is 6.63. The number of β-amino-alcohol motifs (C(OH)–C–C–N with tert-alkyl or cyclic N) is 1. The maximum Gasteiger partial charge on any atom is 0.353 e. The molecular weight excluding hydrogens is 348 g/mol. The van der Waals surface area contributed by atoms with Gasteiger partial charge in [-0.05, 0) is 37.1 Å². The first kappa shape index (κ1) is 19.0. The van der Waals surface area contributed by atoms with Crippen LogP contribution in [-0.2, 0) is 0 Å². The van der Waals surface area contributed by atoms with E-state index in [-0.39, 0.29) is 18.1 Å². The fraction of sp³-hybridized carbons (Fsp3) is 0.444. The molecule has 9 heteroatoms. The molecule has 0 radical (unpaired) electrons. The lowest BCUT2D eigenvalue weighted by atomic mass is 10.1. The molecule has 3 rings (SSSR count). The van der Waals surface area contributed by atoms with Gasteiger partial charge in [-0.15, -0.1) is 0 Å². The van der Waals surface area contributed by atoms with Gasteiger partial charge in [0, 0.05) is 38.4 Å². The Hall–Kier alpha value is -2.78. The molecule has 0 saturated carbocycles. The number of aliphatic hydroxyl groups excluding tert-OH is 1. The van der Waals surface area contributed by atoms with Gasteiger partial charge in [0.25, 0.3) is 0 Å². The third kappa shape index (κ3) is 4.32. The van der Waals surface area contributed by atoms with Gasteiger partial charge >= 0.3 is 5.69 Å². The Morgan fingerprint density at radius 3 is 2.56 bits per heavy atom. The molecule has 0 spiro atoms. The van der Waals surface area contributed by atoms with Gasteiger partial charge in [-0.1, -0.05) is 6.07 Å². The Bertz CT molecular complexity index is 821. The highest BCUT2D eigenvalue weighted by molar-refractivity contribution is 5.74. The number of anilines is 3. The predicted octanol–water partition coefficient (Wildman–Crippen LogP) is 1.86. The van der Waals surface area contributed by atoms with E-state index in [1.165, 1.54) is 6.33 Å². The van der Waals surface area contributed by atoms with E-state index >= 15 is 0 Å². The molecule has 2 heterocycles. The van der Waals surface area contributed by atoms with Crippen molar-refractivity contribution in [3.8, 4) is 0 Å². The summed E-state index contributed by atoms with van der Waals surface area (Å²) in [4.78, 5) is 23.7. The lowest BCUT2D eigenvalue weighted by Crippen LogP contribution is -2.47. The lowest BCUT2D eigenvalue weighted by Gasteiger charge is -2.34. The molecule has 144 valence electrons. The summed E-state index contributed by atoms with van der Waals surface area (Å²) >= 11 is 0. The van der Waals surface area contributed by atoms with Crippen molar-refractivity contribution >= 4 is 23.0 Å². The maximum atomic E-state index is 11.8. The topological polar surface area (TPSA) is 108 Å². The van der Waals surface area contributed by atoms with Crippen LogP contribution in [0.3, 0.4) is 0 Å². The highest BCUT2D eigenvalue weighted by Crippen LogP contribution is 2.34. The third-order valence-corrected chi connectivity index (χ3v) is 4.84. The van der Waals surface area contributed by atoms with Crippen molar-refractivity contribution in [1.29, 1.82) is 0 Å². The summed E-state index contributed by atoms with van der Waals surface area (Å²) in [6.07, 6.45) is 1.35. The number of nitrogens with one attached hydrogen (secondary N) is 1. The Morgan fingerprint density at radius 2 is 1.93 bits per heavy atom. The van der Waals surface area contributed by atoms with Gasteiger partial charge in [0.15, 0.2) is 0 Å². The number of benzene rings is 1. The second kappa shape index (κ2) is 8.28. The SMILES string of the molecule is Cc1ccc(Nc2ncnc(N3CCN(CCO)CC3)c2[N+](=O)[O-])cc1C. The summed E-state index contributed by atoms with van der Waals surface area (Å²) in [7, 11) is 0. The van der Waals surface area contributed by atoms with Gasteiger partial charge in [-0.3, -0.25) is 15.0 Å². The molecule has 0 amide bonds. The Balaban J connectivity index is 1.87. The number of aromatic nitrogens is 2. The first-order valence-corrected chi connectivity index (χ1v) is 8.91. The molecule has 1 aliphatic rings. The predicted molar refractivity (Wildman–Crippen MR) is 104 cm³/mol. The van der Waals surface area contributed by atoms with Crippen LogP contribution in [0.25, 0.3) is 0 Å². The van der Waals surface area contributed by atoms with Gasteiger partial charge in [-0.2, -0.15) is 0 Å². The largest absolute Gasteiger partial charge is 0.395 e. The minimum atomic E-state index is -0.432. The summed E-state index contributed by atoms with van der Waals surface area (Å²) in [5.74, 6) is 0.510. The zero-order valence-corrected chi connectivity index (χ0v) is 15.6. The smallest absolute Gasteiger partial charge is 0.353 e. The zero-order valence-electron chi connectivity index (χ0n) is 15.6. The molecule has 9 nitrogen and oxygen atoms in total. The molecule has 1 aliphatic heterocycles. The highest BCUT2D eigenvalue weighted by Gasteiger charge is 2.29. The van der Waals surface area contributed by atoms with E-state index in [0.29, 0.717) is 25.5 Å². The van der Waals surface area contributed by atoms with E-state index in [2.05, 4.69) is 20.2 Å². The van der Waals surface area contributed by atoms with Gasteiger partial charge in [0.1, 0.15) is 6.33 Å². The lowest BCUT2D eigenvalue weighted by molar-refractivity contribution is -0.383. The summed E-state index contributed by atoms with van der Waals surface area (Å²) < 4.78 is 0. The number of rotatable bonds is 6. The van der Waals surface area contributed by atoms with E-state index in [0.717, 1.165) is 29.9 Å². The molecule has 0 aliphatic carbocycles. The van der Waals surface area contributed by atoms with Crippen molar-refractivity contribution in [2.24, 2.45) is 0 Å².